The topological polar surface area (TPSA) is 93.9 Å². The molecule has 0 bridgehead atoms. The third-order valence-corrected chi connectivity index (χ3v) is 6.31. The summed E-state index contributed by atoms with van der Waals surface area (Å²) >= 11 is 1.44. The number of anilines is 1. The fourth-order valence-corrected chi connectivity index (χ4v) is 5.09. The van der Waals surface area contributed by atoms with Crippen LogP contribution < -0.4 is 10.6 Å². The van der Waals surface area contributed by atoms with Crippen molar-refractivity contribution in [1.82, 2.24) is 20.2 Å². The van der Waals surface area contributed by atoms with Gasteiger partial charge in [0, 0.05) is 42.1 Å². The molecule has 4 rings (SSSR count). The molecule has 164 valence electrons. The minimum Gasteiger partial charge on any atom is -0.321 e. The largest absolute Gasteiger partial charge is 0.323 e. The van der Waals surface area contributed by atoms with Gasteiger partial charge in [-0.15, -0.1) is 0 Å². The average molecular weight is 447 g/mol. The van der Waals surface area contributed by atoms with E-state index in [9.17, 15) is 10.1 Å². The third-order valence-electron chi connectivity index (χ3n) is 5.29. The zero-order chi connectivity index (χ0) is 22.8. The Kier molecular flexibility index (Phi) is 6.21. The van der Waals surface area contributed by atoms with E-state index in [4.69, 9.17) is 4.98 Å². The standard InChI is InChI=1S/C24H26N6OS/c1-14-8-20(9-15(2)26-14)22-21(19-7-5-6-18(10-19)11-25)28-23(32-22)29-24(31)30-12-16(3)27-17(4)13-30/h5-10,16-17,27H,12-13H2,1-4H3,(H,28,29,31)/t16-,17?/m0/s1. The molecule has 0 spiro atoms. The summed E-state index contributed by atoms with van der Waals surface area (Å²) in [6.45, 7) is 9.37. The summed E-state index contributed by atoms with van der Waals surface area (Å²) in [5.41, 5.74) is 4.98. The second-order valence-electron chi connectivity index (χ2n) is 8.33. The van der Waals surface area contributed by atoms with Gasteiger partial charge < -0.3 is 10.2 Å². The molecule has 3 aromatic rings. The molecule has 2 N–H and O–H groups in total. The number of aryl methyl sites for hydroxylation is 2. The highest BCUT2D eigenvalue weighted by Crippen LogP contribution is 2.39. The summed E-state index contributed by atoms with van der Waals surface area (Å²) in [7, 11) is 0. The van der Waals surface area contributed by atoms with E-state index in [0.717, 1.165) is 33.1 Å². The lowest BCUT2D eigenvalue weighted by Crippen LogP contribution is -2.56. The molecule has 1 unspecified atom stereocenters. The molecule has 0 aliphatic carbocycles. The van der Waals surface area contributed by atoms with Gasteiger partial charge in [-0.05, 0) is 57.5 Å². The fourth-order valence-electron chi connectivity index (χ4n) is 4.13. The normalized spacial score (nSPS) is 18.3. The number of hydrogen-bond donors (Lipinski definition) is 2. The maximum atomic E-state index is 13.0. The molecule has 1 aliphatic rings. The first-order chi connectivity index (χ1) is 15.3. The van der Waals surface area contributed by atoms with Gasteiger partial charge in [-0.25, -0.2) is 9.78 Å². The molecule has 1 aromatic carbocycles. The van der Waals surface area contributed by atoms with Gasteiger partial charge in [-0.2, -0.15) is 5.26 Å². The summed E-state index contributed by atoms with van der Waals surface area (Å²) in [6, 6.07) is 13.9. The molecular weight excluding hydrogens is 420 g/mol. The predicted octanol–water partition coefficient (Wildman–Crippen LogP) is 4.57. The number of hydrogen-bond acceptors (Lipinski definition) is 6. The SMILES string of the molecule is Cc1cc(-c2sc(NC(=O)N3CC(C)N[C@@H](C)C3)nc2-c2cccc(C#N)c2)cc(C)n1. The van der Waals surface area contributed by atoms with Gasteiger partial charge in [0.1, 0.15) is 0 Å². The molecule has 7 nitrogen and oxygen atoms in total. The van der Waals surface area contributed by atoms with Gasteiger partial charge in [0.05, 0.1) is 22.2 Å². The lowest BCUT2D eigenvalue weighted by Gasteiger charge is -2.35. The first-order valence-electron chi connectivity index (χ1n) is 10.6. The first-order valence-corrected chi connectivity index (χ1v) is 11.4. The Morgan fingerprint density at radius 1 is 1.12 bits per heavy atom. The zero-order valence-electron chi connectivity index (χ0n) is 18.6. The molecule has 2 atom stereocenters. The molecular formula is C24H26N6OS. The number of rotatable bonds is 3. The van der Waals surface area contributed by atoms with Crippen molar-refractivity contribution >= 4 is 22.5 Å². The van der Waals surface area contributed by atoms with E-state index in [1.54, 1.807) is 6.07 Å². The van der Waals surface area contributed by atoms with Crippen LogP contribution in [0.2, 0.25) is 0 Å². The predicted molar refractivity (Wildman–Crippen MR) is 128 cm³/mol. The zero-order valence-corrected chi connectivity index (χ0v) is 19.5. The molecule has 3 heterocycles. The van der Waals surface area contributed by atoms with Gasteiger partial charge in [0.2, 0.25) is 0 Å². The van der Waals surface area contributed by atoms with Crippen molar-refractivity contribution < 1.29 is 4.79 Å². The number of nitrogens with zero attached hydrogens (tertiary/aromatic N) is 4. The summed E-state index contributed by atoms with van der Waals surface area (Å²) in [6.07, 6.45) is 0. The Hall–Kier alpha value is -3.28. The number of nitrogens with one attached hydrogen (secondary N) is 2. The van der Waals surface area contributed by atoms with Crippen LogP contribution in [0.1, 0.15) is 30.8 Å². The number of carbonyl (C=O) groups excluding carboxylic acids is 1. The number of carbonyl (C=O) groups is 1. The number of urea groups is 1. The lowest BCUT2D eigenvalue weighted by atomic mass is 10.0. The number of aromatic nitrogens is 2. The quantitative estimate of drug-likeness (QED) is 0.614. The van der Waals surface area contributed by atoms with E-state index >= 15 is 0 Å². The highest BCUT2D eigenvalue weighted by atomic mass is 32.1. The van der Waals surface area contributed by atoms with Crippen molar-refractivity contribution in [3.05, 3.63) is 53.3 Å². The average Bonchev–Trinajstić information content (AvgIpc) is 3.16. The van der Waals surface area contributed by atoms with Crippen LogP contribution in [0, 0.1) is 25.2 Å². The second kappa shape index (κ2) is 9.07. The third kappa shape index (κ3) is 4.79. The molecule has 2 aromatic heterocycles. The van der Waals surface area contributed by atoms with Gasteiger partial charge in [0.25, 0.3) is 0 Å². The second-order valence-corrected chi connectivity index (χ2v) is 9.33. The molecule has 1 fully saturated rings. The Labute approximate surface area is 192 Å². The number of pyridine rings is 1. The summed E-state index contributed by atoms with van der Waals surface area (Å²) in [5.74, 6) is 0. The van der Waals surface area contributed by atoms with E-state index in [0.29, 0.717) is 23.8 Å². The van der Waals surface area contributed by atoms with Crippen molar-refractivity contribution in [1.29, 1.82) is 5.26 Å². The minimum absolute atomic E-state index is 0.148. The van der Waals surface area contributed by atoms with Crippen molar-refractivity contribution in [2.24, 2.45) is 0 Å². The maximum absolute atomic E-state index is 13.0. The van der Waals surface area contributed by atoms with Gasteiger partial charge in [-0.3, -0.25) is 10.3 Å². The van der Waals surface area contributed by atoms with E-state index in [1.807, 2.05) is 49.1 Å². The smallest absolute Gasteiger partial charge is 0.321 e. The number of benzene rings is 1. The fraction of sp³-hybridized carbons (Fsp3) is 0.333. The monoisotopic (exact) mass is 446 g/mol. The molecule has 8 heteroatoms. The molecule has 1 saturated heterocycles. The maximum Gasteiger partial charge on any atom is 0.323 e. The van der Waals surface area contributed by atoms with E-state index in [-0.39, 0.29) is 18.1 Å². The minimum atomic E-state index is -0.148. The van der Waals surface area contributed by atoms with Crippen LogP contribution in [0.3, 0.4) is 0 Å². The molecule has 2 amide bonds. The lowest BCUT2D eigenvalue weighted by molar-refractivity contribution is 0.176. The van der Waals surface area contributed by atoms with Crippen LogP contribution in [-0.2, 0) is 0 Å². The van der Waals surface area contributed by atoms with Crippen LogP contribution in [0.5, 0.6) is 0 Å². The Bertz CT molecular complexity index is 1170. The van der Waals surface area contributed by atoms with E-state index in [2.05, 4.69) is 35.5 Å². The molecule has 0 saturated carbocycles. The number of piperazine rings is 1. The van der Waals surface area contributed by atoms with Gasteiger partial charge in [0.15, 0.2) is 5.13 Å². The summed E-state index contributed by atoms with van der Waals surface area (Å²) in [4.78, 5) is 25.0. The van der Waals surface area contributed by atoms with Crippen molar-refractivity contribution in [2.45, 2.75) is 39.8 Å². The van der Waals surface area contributed by atoms with Gasteiger partial charge in [-0.1, -0.05) is 23.5 Å². The van der Waals surface area contributed by atoms with Crippen molar-refractivity contribution in [3.63, 3.8) is 0 Å². The van der Waals surface area contributed by atoms with Crippen LogP contribution in [0.15, 0.2) is 36.4 Å². The molecule has 1 aliphatic heterocycles. The van der Waals surface area contributed by atoms with Crippen molar-refractivity contribution in [3.8, 4) is 27.8 Å². The van der Waals surface area contributed by atoms with Crippen LogP contribution in [0.25, 0.3) is 21.7 Å². The Morgan fingerprint density at radius 2 is 1.81 bits per heavy atom. The van der Waals surface area contributed by atoms with Crippen molar-refractivity contribution in [2.75, 3.05) is 18.4 Å². The Balaban J connectivity index is 1.72. The first kappa shape index (κ1) is 21.9. The number of nitriles is 1. The van der Waals surface area contributed by atoms with Crippen LogP contribution in [0.4, 0.5) is 9.93 Å². The molecule has 32 heavy (non-hydrogen) atoms. The highest BCUT2D eigenvalue weighted by Gasteiger charge is 2.26. The number of thiazole rings is 1. The van der Waals surface area contributed by atoms with Crippen LogP contribution >= 0.6 is 11.3 Å². The van der Waals surface area contributed by atoms with E-state index < -0.39 is 0 Å². The molecule has 0 radical (unpaired) electrons. The highest BCUT2D eigenvalue weighted by molar-refractivity contribution is 7.19. The summed E-state index contributed by atoms with van der Waals surface area (Å²) in [5, 5.41) is 16.3. The Morgan fingerprint density at radius 3 is 2.47 bits per heavy atom. The number of amides is 2. The van der Waals surface area contributed by atoms with Crippen LogP contribution in [-0.4, -0.2) is 46.1 Å². The van der Waals surface area contributed by atoms with E-state index in [1.165, 1.54) is 11.3 Å². The summed E-state index contributed by atoms with van der Waals surface area (Å²) < 4.78 is 0. The van der Waals surface area contributed by atoms with Gasteiger partial charge >= 0.3 is 6.03 Å².